The lowest BCUT2D eigenvalue weighted by atomic mass is 10.00. The maximum atomic E-state index is 11.7. The second-order valence-corrected chi connectivity index (χ2v) is 4.38. The average Bonchev–Trinajstić information content (AvgIpc) is 2.15. The Morgan fingerprint density at radius 1 is 1.57 bits per heavy atom. The third-order valence-electron chi connectivity index (χ3n) is 2.87. The van der Waals surface area contributed by atoms with Crippen molar-refractivity contribution >= 4 is 5.91 Å². The van der Waals surface area contributed by atoms with Crippen LogP contribution in [-0.2, 0) is 4.79 Å². The number of unbranched alkanes of at least 4 members (excludes halogenated alkanes) is 1. The molecular formula is C11H22N2O. The second kappa shape index (κ2) is 5.35. The molecule has 3 nitrogen and oxygen atoms in total. The van der Waals surface area contributed by atoms with Crippen molar-refractivity contribution in [1.82, 2.24) is 10.2 Å². The van der Waals surface area contributed by atoms with Gasteiger partial charge in [-0.05, 0) is 12.3 Å². The molecule has 0 aromatic heterocycles. The van der Waals surface area contributed by atoms with E-state index < -0.39 is 0 Å². The van der Waals surface area contributed by atoms with Gasteiger partial charge in [0.05, 0.1) is 6.54 Å². The van der Waals surface area contributed by atoms with Gasteiger partial charge in [-0.2, -0.15) is 0 Å². The Balaban J connectivity index is 2.56. The zero-order chi connectivity index (χ0) is 10.6. The average molecular weight is 198 g/mol. The van der Waals surface area contributed by atoms with E-state index in [1.807, 2.05) is 0 Å². The van der Waals surface area contributed by atoms with E-state index in [2.05, 4.69) is 31.0 Å². The molecule has 0 radical (unpaired) electrons. The normalized spacial score (nSPS) is 23.3. The van der Waals surface area contributed by atoms with Crippen LogP contribution in [0.15, 0.2) is 0 Å². The molecule has 0 unspecified atom stereocenters. The van der Waals surface area contributed by atoms with Crippen LogP contribution in [0.5, 0.6) is 0 Å². The van der Waals surface area contributed by atoms with Gasteiger partial charge in [0.1, 0.15) is 0 Å². The van der Waals surface area contributed by atoms with E-state index >= 15 is 0 Å². The third kappa shape index (κ3) is 2.71. The Bertz CT molecular complexity index is 192. The van der Waals surface area contributed by atoms with Crippen molar-refractivity contribution in [3.8, 4) is 0 Å². The van der Waals surface area contributed by atoms with Gasteiger partial charge < -0.3 is 10.2 Å². The van der Waals surface area contributed by atoms with Crippen LogP contribution < -0.4 is 5.32 Å². The van der Waals surface area contributed by atoms with Gasteiger partial charge in [-0.15, -0.1) is 0 Å². The van der Waals surface area contributed by atoms with E-state index in [1.165, 1.54) is 0 Å². The minimum absolute atomic E-state index is 0.267. The topological polar surface area (TPSA) is 32.3 Å². The van der Waals surface area contributed by atoms with Crippen molar-refractivity contribution in [3.05, 3.63) is 0 Å². The Kier molecular flexibility index (Phi) is 4.39. The number of rotatable bonds is 4. The number of hydrogen-bond acceptors (Lipinski definition) is 2. The van der Waals surface area contributed by atoms with E-state index in [4.69, 9.17) is 0 Å². The Morgan fingerprint density at radius 3 is 2.86 bits per heavy atom. The fourth-order valence-corrected chi connectivity index (χ4v) is 1.94. The number of carbonyl (C=O) groups is 1. The lowest BCUT2D eigenvalue weighted by molar-refractivity contribution is -0.136. The molecule has 1 amide bonds. The molecule has 0 saturated carbocycles. The summed E-state index contributed by atoms with van der Waals surface area (Å²) < 4.78 is 0. The van der Waals surface area contributed by atoms with Crippen molar-refractivity contribution in [3.63, 3.8) is 0 Å². The van der Waals surface area contributed by atoms with E-state index in [9.17, 15) is 4.79 Å². The Hall–Kier alpha value is -0.570. The zero-order valence-corrected chi connectivity index (χ0v) is 9.55. The van der Waals surface area contributed by atoms with Gasteiger partial charge in [0.25, 0.3) is 0 Å². The van der Waals surface area contributed by atoms with Crippen molar-refractivity contribution in [2.24, 2.45) is 5.92 Å². The van der Waals surface area contributed by atoms with Crippen molar-refractivity contribution in [2.75, 3.05) is 19.6 Å². The molecular weight excluding hydrogens is 176 g/mol. The Morgan fingerprint density at radius 2 is 2.29 bits per heavy atom. The molecule has 1 atom stereocenters. The SMILES string of the molecule is CCCCN1C(=O)CNC[C@@H]1C(C)C. The van der Waals surface area contributed by atoms with Crippen molar-refractivity contribution in [2.45, 2.75) is 39.7 Å². The smallest absolute Gasteiger partial charge is 0.236 e. The quantitative estimate of drug-likeness (QED) is 0.737. The summed E-state index contributed by atoms with van der Waals surface area (Å²) >= 11 is 0. The van der Waals surface area contributed by atoms with Crippen LogP contribution in [0.2, 0.25) is 0 Å². The number of piperazine rings is 1. The molecule has 1 rings (SSSR count). The number of nitrogens with zero attached hydrogens (tertiary/aromatic N) is 1. The number of hydrogen-bond donors (Lipinski definition) is 1. The summed E-state index contributed by atoms with van der Waals surface area (Å²) in [6.07, 6.45) is 2.27. The van der Waals surface area contributed by atoms with Crippen molar-refractivity contribution < 1.29 is 4.79 Å². The van der Waals surface area contributed by atoms with Crippen LogP contribution in [0.3, 0.4) is 0 Å². The lowest BCUT2D eigenvalue weighted by Gasteiger charge is -2.38. The molecule has 0 aromatic rings. The van der Waals surface area contributed by atoms with E-state index in [0.29, 0.717) is 18.5 Å². The summed E-state index contributed by atoms with van der Waals surface area (Å²) in [4.78, 5) is 13.7. The zero-order valence-electron chi connectivity index (χ0n) is 9.55. The summed E-state index contributed by atoms with van der Waals surface area (Å²) in [5, 5.41) is 3.18. The summed E-state index contributed by atoms with van der Waals surface area (Å²) in [7, 11) is 0. The van der Waals surface area contributed by atoms with Crippen LogP contribution in [0.4, 0.5) is 0 Å². The van der Waals surface area contributed by atoms with Crippen LogP contribution in [0.1, 0.15) is 33.6 Å². The van der Waals surface area contributed by atoms with Gasteiger partial charge in [0, 0.05) is 19.1 Å². The predicted molar refractivity (Wildman–Crippen MR) is 58.1 cm³/mol. The minimum atomic E-state index is 0.267. The first-order valence-electron chi connectivity index (χ1n) is 5.67. The summed E-state index contributed by atoms with van der Waals surface area (Å²) in [6.45, 7) is 8.94. The van der Waals surface area contributed by atoms with Gasteiger partial charge in [0.2, 0.25) is 5.91 Å². The van der Waals surface area contributed by atoms with Gasteiger partial charge >= 0.3 is 0 Å². The maximum absolute atomic E-state index is 11.7. The highest BCUT2D eigenvalue weighted by Gasteiger charge is 2.28. The highest BCUT2D eigenvalue weighted by atomic mass is 16.2. The van der Waals surface area contributed by atoms with Crippen LogP contribution >= 0.6 is 0 Å². The van der Waals surface area contributed by atoms with Crippen LogP contribution in [0.25, 0.3) is 0 Å². The lowest BCUT2D eigenvalue weighted by Crippen LogP contribution is -2.56. The van der Waals surface area contributed by atoms with E-state index in [0.717, 1.165) is 25.9 Å². The second-order valence-electron chi connectivity index (χ2n) is 4.38. The molecule has 14 heavy (non-hydrogen) atoms. The molecule has 1 heterocycles. The molecule has 0 bridgehead atoms. The fraction of sp³-hybridized carbons (Fsp3) is 0.909. The van der Waals surface area contributed by atoms with Gasteiger partial charge in [0.15, 0.2) is 0 Å². The highest BCUT2D eigenvalue weighted by molar-refractivity contribution is 5.79. The molecule has 0 aliphatic carbocycles. The standard InChI is InChI=1S/C11H22N2O/c1-4-5-6-13-10(9(2)3)7-12-8-11(13)14/h9-10,12H,4-8H2,1-3H3/t10-/m1/s1. The molecule has 82 valence electrons. The van der Waals surface area contributed by atoms with Gasteiger partial charge in [-0.3, -0.25) is 4.79 Å². The largest absolute Gasteiger partial charge is 0.337 e. The maximum Gasteiger partial charge on any atom is 0.236 e. The molecule has 1 saturated heterocycles. The van der Waals surface area contributed by atoms with Gasteiger partial charge in [-0.25, -0.2) is 0 Å². The third-order valence-corrected chi connectivity index (χ3v) is 2.87. The van der Waals surface area contributed by atoms with E-state index in [1.54, 1.807) is 0 Å². The molecule has 1 aliphatic rings. The van der Waals surface area contributed by atoms with E-state index in [-0.39, 0.29) is 5.91 Å². The molecule has 3 heteroatoms. The molecule has 1 N–H and O–H groups in total. The summed E-state index contributed by atoms with van der Waals surface area (Å²) in [5.74, 6) is 0.812. The summed E-state index contributed by atoms with van der Waals surface area (Å²) in [5.41, 5.74) is 0. The van der Waals surface area contributed by atoms with Crippen molar-refractivity contribution in [1.29, 1.82) is 0 Å². The molecule has 1 aliphatic heterocycles. The van der Waals surface area contributed by atoms with Crippen LogP contribution in [0, 0.1) is 5.92 Å². The molecule has 0 spiro atoms. The first-order valence-corrected chi connectivity index (χ1v) is 5.67. The fourth-order valence-electron chi connectivity index (χ4n) is 1.94. The highest BCUT2D eigenvalue weighted by Crippen LogP contribution is 2.14. The van der Waals surface area contributed by atoms with Gasteiger partial charge in [-0.1, -0.05) is 27.2 Å². The minimum Gasteiger partial charge on any atom is -0.337 e. The summed E-state index contributed by atoms with van der Waals surface area (Å²) in [6, 6.07) is 0.391. The first-order chi connectivity index (χ1) is 6.66. The monoisotopic (exact) mass is 198 g/mol. The number of carbonyl (C=O) groups excluding carboxylic acids is 1. The van der Waals surface area contributed by atoms with Crippen LogP contribution in [-0.4, -0.2) is 36.5 Å². The Labute approximate surface area is 86.9 Å². The first kappa shape index (κ1) is 11.5. The number of nitrogens with one attached hydrogen (secondary N) is 1. The molecule has 0 aromatic carbocycles. The molecule has 1 fully saturated rings. The number of amides is 1. The predicted octanol–water partition coefficient (Wildman–Crippen LogP) is 1.24.